The zero-order valence-corrected chi connectivity index (χ0v) is 5.40. The van der Waals surface area contributed by atoms with Gasteiger partial charge in [0, 0.05) is 0 Å². The molecule has 10 heavy (non-hydrogen) atoms. The molecule has 0 bridgehead atoms. The summed E-state index contributed by atoms with van der Waals surface area (Å²) in [6.07, 6.45) is 0. The van der Waals surface area contributed by atoms with Crippen LogP contribution in [0, 0.1) is 11.6 Å². The van der Waals surface area contributed by atoms with E-state index in [1.165, 1.54) is 0 Å². The SMILES string of the molecule is [Li+].[O-]c1c(F)cccc1F. The van der Waals surface area contributed by atoms with E-state index in [1.54, 1.807) is 0 Å². The van der Waals surface area contributed by atoms with Crippen molar-refractivity contribution in [1.29, 1.82) is 0 Å². The van der Waals surface area contributed by atoms with E-state index in [0.29, 0.717) is 0 Å². The predicted octanol–water partition coefficient (Wildman–Crippen LogP) is -1.96. The molecule has 0 heterocycles. The number of para-hydroxylation sites is 1. The maximum Gasteiger partial charge on any atom is 1.00 e. The summed E-state index contributed by atoms with van der Waals surface area (Å²) in [7, 11) is 0. The Hall–Kier alpha value is -0.523. The van der Waals surface area contributed by atoms with Gasteiger partial charge in [-0.25, -0.2) is 8.78 Å². The van der Waals surface area contributed by atoms with Crippen molar-refractivity contribution in [2.24, 2.45) is 0 Å². The average Bonchev–Trinajstić information content (AvgIpc) is 1.83. The summed E-state index contributed by atoms with van der Waals surface area (Å²) in [6.45, 7) is 0. The third-order valence-corrected chi connectivity index (χ3v) is 0.919. The molecular formula is C6H3F2LiO. The third kappa shape index (κ3) is 1.73. The van der Waals surface area contributed by atoms with Gasteiger partial charge < -0.3 is 5.11 Å². The predicted molar refractivity (Wildman–Crippen MR) is 25.8 cm³/mol. The van der Waals surface area contributed by atoms with Gasteiger partial charge in [-0.15, -0.1) is 0 Å². The van der Waals surface area contributed by atoms with E-state index in [2.05, 4.69) is 0 Å². The number of halogens is 2. The van der Waals surface area contributed by atoms with Gasteiger partial charge in [0.25, 0.3) is 0 Å². The summed E-state index contributed by atoms with van der Waals surface area (Å²) in [4.78, 5) is 0. The van der Waals surface area contributed by atoms with Gasteiger partial charge in [-0.05, 0) is 17.9 Å². The minimum absolute atomic E-state index is 0. The van der Waals surface area contributed by atoms with Crippen molar-refractivity contribution in [2.45, 2.75) is 0 Å². The summed E-state index contributed by atoms with van der Waals surface area (Å²) in [6, 6.07) is 2.99. The second-order valence-corrected chi connectivity index (χ2v) is 1.55. The second kappa shape index (κ2) is 3.60. The van der Waals surface area contributed by atoms with Gasteiger partial charge in [0.2, 0.25) is 0 Å². The molecule has 0 aliphatic rings. The summed E-state index contributed by atoms with van der Waals surface area (Å²) in [5, 5.41) is 10.2. The van der Waals surface area contributed by atoms with Crippen LogP contribution in [0.3, 0.4) is 0 Å². The van der Waals surface area contributed by atoms with E-state index >= 15 is 0 Å². The standard InChI is InChI=1S/C6H4F2O.Li/c7-4-2-1-3-5(8)6(4)9;/h1-3,9H;/q;+1/p-1. The van der Waals surface area contributed by atoms with E-state index < -0.39 is 17.4 Å². The summed E-state index contributed by atoms with van der Waals surface area (Å²) < 4.78 is 24.1. The van der Waals surface area contributed by atoms with Gasteiger partial charge in [-0.1, -0.05) is 6.07 Å². The summed E-state index contributed by atoms with van der Waals surface area (Å²) in [5.74, 6) is -3.26. The fourth-order valence-electron chi connectivity index (χ4n) is 0.483. The van der Waals surface area contributed by atoms with Gasteiger partial charge in [0.1, 0.15) is 11.6 Å². The van der Waals surface area contributed by atoms with Crippen molar-refractivity contribution in [3.05, 3.63) is 29.8 Å². The molecule has 0 amide bonds. The van der Waals surface area contributed by atoms with Crippen molar-refractivity contribution >= 4 is 0 Å². The Kier molecular flexibility index (Phi) is 3.41. The van der Waals surface area contributed by atoms with Crippen molar-refractivity contribution in [3.8, 4) is 5.75 Å². The molecule has 0 aromatic heterocycles. The van der Waals surface area contributed by atoms with E-state index in [1.807, 2.05) is 0 Å². The van der Waals surface area contributed by atoms with Gasteiger partial charge in [0.05, 0.1) is 0 Å². The Morgan fingerprint density at radius 2 is 1.50 bits per heavy atom. The minimum Gasteiger partial charge on any atom is -0.869 e. The summed E-state index contributed by atoms with van der Waals surface area (Å²) in [5.41, 5.74) is 0. The Balaban J connectivity index is 0.000000810. The Labute approximate surface area is 68.9 Å². The smallest absolute Gasteiger partial charge is 0.869 e. The Morgan fingerprint density at radius 1 is 1.10 bits per heavy atom. The van der Waals surface area contributed by atoms with Gasteiger partial charge in [0.15, 0.2) is 0 Å². The molecule has 0 atom stereocenters. The first kappa shape index (κ1) is 9.48. The molecule has 0 N–H and O–H groups in total. The molecule has 0 fully saturated rings. The molecule has 0 radical (unpaired) electrons. The van der Waals surface area contributed by atoms with Crippen LogP contribution >= 0.6 is 0 Å². The first-order valence-corrected chi connectivity index (χ1v) is 2.33. The van der Waals surface area contributed by atoms with Crippen LogP contribution in [0.2, 0.25) is 0 Å². The first-order chi connectivity index (χ1) is 4.22. The average molecular weight is 136 g/mol. The molecule has 0 saturated heterocycles. The van der Waals surface area contributed by atoms with Gasteiger partial charge >= 0.3 is 18.9 Å². The first-order valence-electron chi connectivity index (χ1n) is 2.33. The number of benzene rings is 1. The third-order valence-electron chi connectivity index (χ3n) is 0.919. The molecule has 0 spiro atoms. The molecule has 1 rings (SSSR count). The molecule has 1 aromatic rings. The van der Waals surface area contributed by atoms with E-state index in [0.717, 1.165) is 18.2 Å². The van der Waals surface area contributed by atoms with E-state index in [9.17, 15) is 13.9 Å². The molecule has 0 aliphatic carbocycles. The maximum absolute atomic E-state index is 12.0. The van der Waals surface area contributed by atoms with Crippen LogP contribution in [0.4, 0.5) is 8.78 Å². The molecular weight excluding hydrogens is 133 g/mol. The van der Waals surface area contributed by atoms with E-state index in [-0.39, 0.29) is 18.9 Å². The van der Waals surface area contributed by atoms with Crippen LogP contribution in [-0.4, -0.2) is 0 Å². The van der Waals surface area contributed by atoms with Crippen LogP contribution < -0.4 is 24.0 Å². The van der Waals surface area contributed by atoms with Gasteiger partial charge in [-0.3, -0.25) is 0 Å². The number of hydrogen-bond acceptors (Lipinski definition) is 1. The largest absolute Gasteiger partial charge is 1.00 e. The molecule has 48 valence electrons. The monoisotopic (exact) mass is 136 g/mol. The van der Waals surface area contributed by atoms with Crippen LogP contribution in [0.5, 0.6) is 5.75 Å². The van der Waals surface area contributed by atoms with Crippen LogP contribution in [0.15, 0.2) is 18.2 Å². The van der Waals surface area contributed by atoms with Crippen LogP contribution in [0.1, 0.15) is 0 Å². The van der Waals surface area contributed by atoms with E-state index in [4.69, 9.17) is 0 Å². The molecule has 1 aromatic carbocycles. The normalized spacial score (nSPS) is 8.60. The number of hydrogen-bond donors (Lipinski definition) is 0. The molecule has 0 aliphatic heterocycles. The van der Waals surface area contributed by atoms with Crippen molar-refractivity contribution in [3.63, 3.8) is 0 Å². The Bertz CT molecular complexity index is 207. The molecule has 4 heteroatoms. The zero-order valence-electron chi connectivity index (χ0n) is 5.40. The van der Waals surface area contributed by atoms with Crippen molar-refractivity contribution < 1.29 is 32.7 Å². The van der Waals surface area contributed by atoms with Crippen LogP contribution in [-0.2, 0) is 0 Å². The number of rotatable bonds is 0. The fourth-order valence-corrected chi connectivity index (χ4v) is 0.483. The quantitative estimate of drug-likeness (QED) is 0.380. The zero-order chi connectivity index (χ0) is 6.85. The van der Waals surface area contributed by atoms with Gasteiger partial charge in [-0.2, -0.15) is 0 Å². The molecule has 0 saturated carbocycles. The topological polar surface area (TPSA) is 23.1 Å². The molecule has 0 unspecified atom stereocenters. The van der Waals surface area contributed by atoms with Crippen molar-refractivity contribution in [2.75, 3.05) is 0 Å². The Morgan fingerprint density at radius 3 is 1.80 bits per heavy atom. The minimum atomic E-state index is -1.17. The van der Waals surface area contributed by atoms with Crippen LogP contribution in [0.25, 0.3) is 0 Å². The molecule has 1 nitrogen and oxygen atoms in total. The second-order valence-electron chi connectivity index (χ2n) is 1.55. The fraction of sp³-hybridized carbons (Fsp3) is 0. The maximum atomic E-state index is 12.0. The van der Waals surface area contributed by atoms with Crippen molar-refractivity contribution in [1.82, 2.24) is 0 Å². The summed E-state index contributed by atoms with van der Waals surface area (Å²) >= 11 is 0.